The van der Waals surface area contributed by atoms with Crippen molar-refractivity contribution in [3.63, 3.8) is 0 Å². The number of ether oxygens (including phenoxy) is 1. The Balaban J connectivity index is 2.47. The first-order valence-electron chi connectivity index (χ1n) is 4.43. The van der Waals surface area contributed by atoms with Crippen LogP contribution in [0.5, 0.6) is 5.88 Å². The minimum atomic E-state index is 0.501. The van der Waals surface area contributed by atoms with Gasteiger partial charge in [0.15, 0.2) is 5.76 Å². The van der Waals surface area contributed by atoms with Gasteiger partial charge in [-0.2, -0.15) is 0 Å². The van der Waals surface area contributed by atoms with Crippen LogP contribution in [0.1, 0.15) is 5.56 Å². The molecule has 0 aliphatic rings. The number of nitrogens with zero attached hydrogens (tertiary/aromatic N) is 2. The van der Waals surface area contributed by atoms with E-state index in [1.807, 2.05) is 13.0 Å². The Hall–Kier alpha value is -2.04. The van der Waals surface area contributed by atoms with E-state index in [9.17, 15) is 0 Å². The lowest BCUT2D eigenvalue weighted by Crippen LogP contribution is -1.92. The summed E-state index contributed by atoms with van der Waals surface area (Å²) in [5, 5.41) is 3.61. The third-order valence-corrected chi connectivity index (χ3v) is 2.08. The van der Waals surface area contributed by atoms with E-state index in [4.69, 9.17) is 15.0 Å². The highest BCUT2D eigenvalue weighted by atomic mass is 16.5. The molecule has 2 aromatic rings. The second-order valence-electron chi connectivity index (χ2n) is 3.16. The van der Waals surface area contributed by atoms with Gasteiger partial charge in [-0.3, -0.25) is 0 Å². The van der Waals surface area contributed by atoms with Crippen LogP contribution in [-0.2, 0) is 0 Å². The minimum absolute atomic E-state index is 0.501. The fourth-order valence-electron chi connectivity index (χ4n) is 1.37. The van der Waals surface area contributed by atoms with E-state index in [0.717, 1.165) is 11.1 Å². The van der Waals surface area contributed by atoms with Gasteiger partial charge in [0.25, 0.3) is 0 Å². The molecule has 2 rings (SSSR count). The Kier molecular flexibility index (Phi) is 2.29. The van der Waals surface area contributed by atoms with Crippen molar-refractivity contribution in [3.05, 3.63) is 24.0 Å². The van der Waals surface area contributed by atoms with Gasteiger partial charge in [-0.05, 0) is 13.0 Å². The van der Waals surface area contributed by atoms with Crippen molar-refractivity contribution in [2.24, 2.45) is 0 Å². The van der Waals surface area contributed by atoms with E-state index in [0.29, 0.717) is 17.3 Å². The molecule has 15 heavy (non-hydrogen) atoms. The van der Waals surface area contributed by atoms with Crippen LogP contribution in [-0.4, -0.2) is 17.3 Å². The third kappa shape index (κ3) is 1.63. The van der Waals surface area contributed by atoms with Crippen LogP contribution in [0.2, 0.25) is 0 Å². The van der Waals surface area contributed by atoms with Crippen molar-refractivity contribution < 1.29 is 9.26 Å². The Morgan fingerprint density at radius 1 is 1.40 bits per heavy atom. The van der Waals surface area contributed by atoms with Gasteiger partial charge in [-0.25, -0.2) is 4.98 Å². The summed E-state index contributed by atoms with van der Waals surface area (Å²) in [6.07, 6.45) is 3.11. The van der Waals surface area contributed by atoms with Crippen molar-refractivity contribution in [2.45, 2.75) is 6.92 Å². The Labute approximate surface area is 86.9 Å². The van der Waals surface area contributed by atoms with Gasteiger partial charge in [-0.1, -0.05) is 5.16 Å². The zero-order valence-electron chi connectivity index (χ0n) is 8.52. The monoisotopic (exact) mass is 205 g/mol. The predicted octanol–water partition coefficient (Wildman–Crippen LogP) is 1.64. The molecule has 0 saturated carbocycles. The number of aromatic nitrogens is 2. The molecule has 0 fully saturated rings. The average Bonchev–Trinajstić information content (AvgIpc) is 2.64. The van der Waals surface area contributed by atoms with E-state index >= 15 is 0 Å². The number of pyridine rings is 1. The van der Waals surface area contributed by atoms with E-state index in [1.54, 1.807) is 13.3 Å². The summed E-state index contributed by atoms with van der Waals surface area (Å²) in [4.78, 5) is 4.13. The Morgan fingerprint density at radius 3 is 2.73 bits per heavy atom. The fourth-order valence-corrected chi connectivity index (χ4v) is 1.37. The number of anilines is 1. The van der Waals surface area contributed by atoms with Crippen LogP contribution in [0.25, 0.3) is 11.3 Å². The van der Waals surface area contributed by atoms with Gasteiger partial charge in [0.05, 0.1) is 13.3 Å². The first kappa shape index (κ1) is 9.51. The van der Waals surface area contributed by atoms with Crippen molar-refractivity contribution in [2.75, 3.05) is 12.8 Å². The van der Waals surface area contributed by atoms with Crippen molar-refractivity contribution in [1.29, 1.82) is 0 Å². The number of rotatable bonds is 2. The molecule has 78 valence electrons. The number of nitrogen functional groups attached to an aromatic ring is 1. The first-order valence-corrected chi connectivity index (χ1v) is 4.43. The van der Waals surface area contributed by atoms with E-state index in [1.165, 1.54) is 6.20 Å². The molecule has 0 amide bonds. The molecule has 0 aliphatic heterocycles. The minimum Gasteiger partial charge on any atom is -0.481 e. The van der Waals surface area contributed by atoms with Crippen LogP contribution in [0.4, 0.5) is 5.69 Å². The van der Waals surface area contributed by atoms with Crippen LogP contribution < -0.4 is 10.5 Å². The number of methoxy groups -OCH3 is 1. The fraction of sp³-hybridized carbons (Fsp3) is 0.200. The highest BCUT2D eigenvalue weighted by molar-refractivity contribution is 5.69. The molecule has 2 heterocycles. The zero-order valence-corrected chi connectivity index (χ0v) is 8.52. The molecule has 0 saturated heterocycles. The largest absolute Gasteiger partial charge is 0.481 e. The van der Waals surface area contributed by atoms with E-state index in [2.05, 4.69) is 10.1 Å². The predicted molar refractivity (Wildman–Crippen MR) is 55.4 cm³/mol. The normalized spacial score (nSPS) is 10.3. The quantitative estimate of drug-likeness (QED) is 0.806. The summed E-state index contributed by atoms with van der Waals surface area (Å²) in [5.74, 6) is 1.13. The summed E-state index contributed by atoms with van der Waals surface area (Å²) >= 11 is 0. The molecule has 0 radical (unpaired) electrons. The van der Waals surface area contributed by atoms with E-state index < -0.39 is 0 Å². The molecule has 2 aromatic heterocycles. The SMILES string of the molecule is COc1ncc(-c2oncc2N)cc1C. The maximum absolute atomic E-state index is 5.68. The number of hydrogen-bond donors (Lipinski definition) is 1. The molecule has 2 N–H and O–H groups in total. The topological polar surface area (TPSA) is 74.2 Å². The molecule has 0 bridgehead atoms. The number of nitrogens with two attached hydrogens (primary N) is 1. The lowest BCUT2D eigenvalue weighted by Gasteiger charge is -2.04. The first-order chi connectivity index (χ1) is 7.22. The van der Waals surface area contributed by atoms with Crippen LogP contribution in [0.15, 0.2) is 23.0 Å². The number of hydrogen-bond acceptors (Lipinski definition) is 5. The zero-order chi connectivity index (χ0) is 10.8. The number of aryl methyl sites for hydroxylation is 1. The summed E-state index contributed by atoms with van der Waals surface area (Å²) < 4.78 is 10.1. The molecule has 0 atom stereocenters. The molecule has 0 aliphatic carbocycles. The van der Waals surface area contributed by atoms with Crippen LogP contribution >= 0.6 is 0 Å². The third-order valence-electron chi connectivity index (χ3n) is 2.08. The maximum atomic E-state index is 5.68. The second-order valence-corrected chi connectivity index (χ2v) is 3.16. The second kappa shape index (κ2) is 3.61. The standard InChI is InChI=1S/C10H11N3O2/c1-6-3-7(4-12-10(6)14-2)9-8(11)5-13-15-9/h3-5H,11H2,1-2H3. The van der Waals surface area contributed by atoms with Crippen molar-refractivity contribution in [1.82, 2.24) is 10.1 Å². The molecule has 0 unspecified atom stereocenters. The molecule has 5 nitrogen and oxygen atoms in total. The average molecular weight is 205 g/mol. The van der Waals surface area contributed by atoms with Crippen LogP contribution in [0.3, 0.4) is 0 Å². The Bertz CT molecular complexity index is 479. The smallest absolute Gasteiger partial charge is 0.215 e. The van der Waals surface area contributed by atoms with Gasteiger partial charge in [0.1, 0.15) is 5.69 Å². The van der Waals surface area contributed by atoms with Crippen LogP contribution in [0, 0.1) is 6.92 Å². The Morgan fingerprint density at radius 2 is 2.20 bits per heavy atom. The van der Waals surface area contributed by atoms with Gasteiger partial charge in [0.2, 0.25) is 5.88 Å². The van der Waals surface area contributed by atoms with Gasteiger partial charge < -0.3 is 15.0 Å². The van der Waals surface area contributed by atoms with Crippen molar-refractivity contribution >= 4 is 5.69 Å². The van der Waals surface area contributed by atoms with Crippen molar-refractivity contribution in [3.8, 4) is 17.2 Å². The maximum Gasteiger partial charge on any atom is 0.215 e. The molecule has 5 heteroatoms. The summed E-state index contributed by atoms with van der Waals surface area (Å²) in [7, 11) is 1.58. The van der Waals surface area contributed by atoms with Gasteiger partial charge in [0, 0.05) is 17.3 Å². The summed E-state index contributed by atoms with van der Waals surface area (Å²) in [6, 6.07) is 1.89. The lowest BCUT2D eigenvalue weighted by atomic mass is 10.1. The molecular weight excluding hydrogens is 194 g/mol. The highest BCUT2D eigenvalue weighted by Crippen LogP contribution is 2.27. The van der Waals surface area contributed by atoms with Gasteiger partial charge in [-0.15, -0.1) is 0 Å². The summed E-state index contributed by atoms with van der Waals surface area (Å²) in [5.41, 5.74) is 7.90. The molecule has 0 aromatic carbocycles. The highest BCUT2D eigenvalue weighted by Gasteiger charge is 2.10. The van der Waals surface area contributed by atoms with E-state index in [-0.39, 0.29) is 0 Å². The molecule has 0 spiro atoms. The summed E-state index contributed by atoms with van der Waals surface area (Å²) in [6.45, 7) is 1.90. The van der Waals surface area contributed by atoms with Gasteiger partial charge >= 0.3 is 0 Å². The molecular formula is C10H11N3O2. The lowest BCUT2D eigenvalue weighted by molar-refractivity contribution is 0.394.